The fraction of sp³-hybridized carbons (Fsp3) is 0.316. The van der Waals surface area contributed by atoms with Gasteiger partial charge >= 0.3 is 5.69 Å². The number of hydrogen-bond donors (Lipinski definition) is 2. The topological polar surface area (TPSA) is 87.5 Å². The average Bonchev–Trinajstić information content (AvgIpc) is 2.63. The Hall–Kier alpha value is -2.96. The monoisotopic (exact) mass is 357 g/mol. The van der Waals surface area contributed by atoms with Crippen LogP contribution in [0, 0.1) is 5.82 Å². The zero-order chi connectivity index (χ0) is 18.5. The zero-order valence-electron chi connectivity index (χ0n) is 14.2. The number of benzene rings is 1. The van der Waals surface area contributed by atoms with Gasteiger partial charge in [-0.05, 0) is 44.2 Å². The van der Waals surface area contributed by atoms with Gasteiger partial charge in [-0.2, -0.15) is 0 Å². The van der Waals surface area contributed by atoms with Gasteiger partial charge in [0.05, 0.1) is 5.69 Å². The normalized spacial score (nSPS) is 14.6. The molecule has 1 aromatic carbocycles. The number of rotatable bonds is 5. The lowest BCUT2D eigenvalue weighted by atomic mass is 9.97. The minimum absolute atomic E-state index is 0.0383. The Morgan fingerprint density at radius 1 is 1.27 bits per heavy atom. The minimum Gasteiger partial charge on any atom is -0.494 e. The van der Waals surface area contributed by atoms with Crippen LogP contribution < -0.4 is 11.2 Å². The van der Waals surface area contributed by atoms with Crippen LogP contribution in [-0.4, -0.2) is 20.9 Å². The number of nitrogens with one attached hydrogen (secondary N) is 1. The van der Waals surface area contributed by atoms with Crippen LogP contribution in [0.2, 0.25) is 0 Å². The number of aliphatic imine (C=N–C) groups is 1. The Morgan fingerprint density at radius 3 is 2.81 bits per heavy atom. The molecular formula is C19H20FN3O3. The van der Waals surface area contributed by atoms with Crippen molar-refractivity contribution in [2.24, 2.45) is 4.99 Å². The molecule has 2 aromatic rings. The molecule has 136 valence electrons. The predicted octanol–water partition coefficient (Wildman–Crippen LogP) is 3.02. The molecule has 0 unspecified atom stereocenters. The number of H-pyrrole nitrogens is 1. The first kappa shape index (κ1) is 17.8. The highest BCUT2D eigenvalue weighted by Crippen LogP contribution is 2.21. The number of aromatic amines is 1. The van der Waals surface area contributed by atoms with Gasteiger partial charge in [-0.25, -0.2) is 9.18 Å². The lowest BCUT2D eigenvalue weighted by molar-refractivity contribution is 0.398. The molecule has 26 heavy (non-hydrogen) atoms. The predicted molar refractivity (Wildman–Crippen MR) is 97.8 cm³/mol. The summed E-state index contributed by atoms with van der Waals surface area (Å²) in [5, 5.41) is 10.4. The standard InChI is InChI=1S/C19H20FN3O3/c20-15-8-4-5-9-16(15)21-12-14-17(24)22-19(26)23(18(14)25)11-10-13-6-2-1-3-7-13/h4-6,8-9,12,25H,1-3,7,10-11H2,(H,22,24,26). The third kappa shape index (κ3) is 3.99. The van der Waals surface area contributed by atoms with Gasteiger partial charge in [-0.1, -0.05) is 23.8 Å². The SMILES string of the molecule is O=c1[nH]c(=O)n(CCC2=CCCCC2)c(O)c1C=Nc1ccccc1F. The number of aromatic hydroxyl groups is 1. The molecule has 1 aliphatic rings. The van der Waals surface area contributed by atoms with E-state index < -0.39 is 22.9 Å². The van der Waals surface area contributed by atoms with Gasteiger partial charge in [0.15, 0.2) is 0 Å². The Balaban J connectivity index is 1.89. The first-order valence-electron chi connectivity index (χ1n) is 8.59. The second-order valence-electron chi connectivity index (χ2n) is 6.22. The average molecular weight is 357 g/mol. The molecule has 0 aliphatic heterocycles. The summed E-state index contributed by atoms with van der Waals surface area (Å²) in [4.78, 5) is 30.1. The highest BCUT2D eigenvalue weighted by atomic mass is 19.1. The van der Waals surface area contributed by atoms with Gasteiger partial charge in [0, 0.05) is 12.8 Å². The van der Waals surface area contributed by atoms with Crippen molar-refractivity contribution in [3.8, 4) is 5.88 Å². The highest BCUT2D eigenvalue weighted by molar-refractivity contribution is 5.84. The van der Waals surface area contributed by atoms with Crippen LogP contribution in [0.5, 0.6) is 5.88 Å². The van der Waals surface area contributed by atoms with Crippen molar-refractivity contribution < 1.29 is 9.50 Å². The maximum atomic E-state index is 13.6. The van der Waals surface area contributed by atoms with Crippen molar-refractivity contribution in [1.29, 1.82) is 0 Å². The molecule has 1 aliphatic carbocycles. The first-order valence-corrected chi connectivity index (χ1v) is 8.59. The van der Waals surface area contributed by atoms with E-state index in [2.05, 4.69) is 16.1 Å². The number of nitrogens with zero attached hydrogens (tertiary/aromatic N) is 2. The number of allylic oxidation sites excluding steroid dienone is 2. The molecule has 0 atom stereocenters. The van der Waals surface area contributed by atoms with E-state index in [1.54, 1.807) is 6.07 Å². The summed E-state index contributed by atoms with van der Waals surface area (Å²) in [6.45, 7) is 0.258. The summed E-state index contributed by atoms with van der Waals surface area (Å²) in [6.07, 6.45) is 8.18. The molecule has 0 bridgehead atoms. The van der Waals surface area contributed by atoms with E-state index in [1.807, 2.05) is 0 Å². The minimum atomic E-state index is -0.763. The van der Waals surface area contributed by atoms with E-state index in [9.17, 15) is 19.1 Å². The summed E-state index contributed by atoms with van der Waals surface area (Å²) in [7, 11) is 0. The molecule has 0 fully saturated rings. The van der Waals surface area contributed by atoms with E-state index >= 15 is 0 Å². The van der Waals surface area contributed by atoms with Gasteiger partial charge in [0.25, 0.3) is 5.56 Å². The van der Waals surface area contributed by atoms with Crippen LogP contribution in [0.4, 0.5) is 10.1 Å². The van der Waals surface area contributed by atoms with Gasteiger partial charge in [0.1, 0.15) is 11.4 Å². The molecule has 0 spiro atoms. The molecule has 0 amide bonds. The first-order chi connectivity index (χ1) is 12.6. The van der Waals surface area contributed by atoms with Crippen LogP contribution in [0.1, 0.15) is 37.7 Å². The van der Waals surface area contributed by atoms with Crippen molar-refractivity contribution in [2.45, 2.75) is 38.6 Å². The van der Waals surface area contributed by atoms with Gasteiger partial charge in [-0.3, -0.25) is 19.3 Å². The third-order valence-electron chi connectivity index (χ3n) is 4.43. The largest absolute Gasteiger partial charge is 0.494 e. The molecule has 2 N–H and O–H groups in total. The Bertz CT molecular complexity index is 973. The fourth-order valence-corrected chi connectivity index (χ4v) is 2.98. The van der Waals surface area contributed by atoms with Crippen molar-refractivity contribution >= 4 is 11.9 Å². The molecule has 6 nitrogen and oxygen atoms in total. The van der Waals surface area contributed by atoms with Gasteiger partial charge in [-0.15, -0.1) is 0 Å². The maximum absolute atomic E-state index is 13.6. The van der Waals surface area contributed by atoms with E-state index in [0.29, 0.717) is 6.42 Å². The summed E-state index contributed by atoms with van der Waals surface area (Å²) in [6, 6.07) is 5.83. The van der Waals surface area contributed by atoms with Gasteiger partial charge in [0.2, 0.25) is 5.88 Å². The number of aromatic nitrogens is 2. The Morgan fingerprint density at radius 2 is 2.08 bits per heavy atom. The molecular weight excluding hydrogens is 337 g/mol. The summed E-state index contributed by atoms with van der Waals surface area (Å²) < 4.78 is 14.8. The molecule has 0 radical (unpaired) electrons. The van der Waals surface area contributed by atoms with Crippen LogP contribution in [-0.2, 0) is 6.54 Å². The van der Waals surface area contributed by atoms with Crippen molar-refractivity contribution in [1.82, 2.24) is 9.55 Å². The second kappa shape index (κ2) is 7.95. The lowest BCUT2D eigenvalue weighted by Crippen LogP contribution is -2.32. The van der Waals surface area contributed by atoms with Crippen LogP contribution in [0.3, 0.4) is 0 Å². The van der Waals surface area contributed by atoms with E-state index in [1.165, 1.54) is 30.2 Å². The van der Waals surface area contributed by atoms with E-state index in [4.69, 9.17) is 0 Å². The quantitative estimate of drug-likeness (QED) is 0.637. The summed E-state index contributed by atoms with van der Waals surface area (Å²) in [5.74, 6) is -1.01. The van der Waals surface area contributed by atoms with Crippen molar-refractivity contribution in [2.75, 3.05) is 0 Å². The van der Waals surface area contributed by atoms with E-state index in [-0.39, 0.29) is 17.8 Å². The molecule has 1 aromatic heterocycles. The van der Waals surface area contributed by atoms with Crippen molar-refractivity contribution in [3.63, 3.8) is 0 Å². The van der Waals surface area contributed by atoms with Gasteiger partial charge < -0.3 is 5.11 Å². The second-order valence-corrected chi connectivity index (χ2v) is 6.22. The molecule has 7 heteroatoms. The Kier molecular flexibility index (Phi) is 5.46. The Labute approximate surface area is 149 Å². The molecule has 0 saturated heterocycles. The maximum Gasteiger partial charge on any atom is 0.331 e. The fourth-order valence-electron chi connectivity index (χ4n) is 2.98. The summed E-state index contributed by atoms with van der Waals surface area (Å²) >= 11 is 0. The smallest absolute Gasteiger partial charge is 0.331 e. The lowest BCUT2D eigenvalue weighted by Gasteiger charge is -2.14. The zero-order valence-corrected chi connectivity index (χ0v) is 14.2. The number of halogens is 1. The van der Waals surface area contributed by atoms with Crippen LogP contribution >= 0.6 is 0 Å². The van der Waals surface area contributed by atoms with Crippen LogP contribution in [0.15, 0.2) is 50.5 Å². The molecule has 0 saturated carbocycles. The number of para-hydroxylation sites is 1. The number of hydrogen-bond acceptors (Lipinski definition) is 4. The summed E-state index contributed by atoms with van der Waals surface area (Å²) in [5.41, 5.74) is -0.329. The van der Waals surface area contributed by atoms with Crippen LogP contribution in [0.25, 0.3) is 0 Å². The third-order valence-corrected chi connectivity index (χ3v) is 4.43. The van der Waals surface area contributed by atoms with E-state index in [0.717, 1.165) is 30.0 Å². The molecule has 3 rings (SSSR count). The van der Waals surface area contributed by atoms with Crippen molar-refractivity contribution in [3.05, 3.63) is 68.1 Å². The highest BCUT2D eigenvalue weighted by Gasteiger charge is 2.14. The molecule has 1 heterocycles.